The molecule has 0 radical (unpaired) electrons. The van der Waals surface area contributed by atoms with Gasteiger partial charge in [-0.2, -0.15) is 8.78 Å². The first-order chi connectivity index (χ1) is 11.0. The Kier molecular flexibility index (Phi) is 6.38. The second-order valence-electron chi connectivity index (χ2n) is 5.34. The number of hydrogen-bond donors (Lipinski definition) is 1. The number of halogens is 2. The summed E-state index contributed by atoms with van der Waals surface area (Å²) in [5.41, 5.74) is 0.545. The number of nitrogens with one attached hydrogen (secondary N) is 1. The topological polar surface area (TPSA) is 49.4 Å². The van der Waals surface area contributed by atoms with Gasteiger partial charge in [0, 0.05) is 23.5 Å². The van der Waals surface area contributed by atoms with Crippen LogP contribution in [0.25, 0.3) is 0 Å². The molecule has 0 saturated carbocycles. The van der Waals surface area contributed by atoms with Gasteiger partial charge >= 0.3 is 0 Å². The number of benzene rings is 1. The monoisotopic (exact) mass is 342 g/mol. The van der Waals surface area contributed by atoms with E-state index in [1.807, 2.05) is 0 Å². The van der Waals surface area contributed by atoms with Crippen molar-refractivity contribution in [1.29, 1.82) is 0 Å². The summed E-state index contributed by atoms with van der Waals surface area (Å²) in [6, 6.07) is 5.82. The van der Waals surface area contributed by atoms with Crippen LogP contribution in [-0.4, -0.2) is 35.1 Å². The number of hydrogen-bond acceptors (Lipinski definition) is 3. The van der Waals surface area contributed by atoms with Crippen LogP contribution in [-0.2, 0) is 9.59 Å². The Labute approximate surface area is 138 Å². The zero-order chi connectivity index (χ0) is 16.8. The fourth-order valence-corrected chi connectivity index (χ4v) is 3.15. The molecule has 1 saturated heterocycles. The number of nitrogens with zero attached hydrogens (tertiary/aromatic N) is 1. The van der Waals surface area contributed by atoms with Crippen LogP contribution in [0.4, 0.5) is 14.5 Å². The summed E-state index contributed by atoms with van der Waals surface area (Å²) in [5.74, 6) is -2.71. The van der Waals surface area contributed by atoms with Crippen molar-refractivity contribution in [2.45, 2.75) is 49.3 Å². The fourth-order valence-electron chi connectivity index (χ4n) is 2.65. The Morgan fingerprint density at radius 1 is 1.30 bits per heavy atom. The molecule has 2 rings (SSSR count). The molecule has 1 atom stereocenters. The molecule has 1 heterocycles. The minimum Gasteiger partial charge on any atom is -0.331 e. The minimum absolute atomic E-state index is 0.0199. The lowest BCUT2D eigenvalue weighted by Crippen LogP contribution is -2.49. The third kappa shape index (κ3) is 4.92. The second kappa shape index (κ2) is 8.29. The first-order valence-electron chi connectivity index (χ1n) is 7.66. The maximum absolute atomic E-state index is 12.4. The highest BCUT2D eigenvalue weighted by molar-refractivity contribution is 7.99. The lowest BCUT2D eigenvalue weighted by molar-refractivity contribution is -0.140. The lowest BCUT2D eigenvalue weighted by atomic mass is 10.0. The largest absolute Gasteiger partial charge is 0.331 e. The van der Waals surface area contributed by atoms with Crippen molar-refractivity contribution in [1.82, 2.24) is 4.90 Å². The molecule has 1 aliphatic heterocycles. The second-order valence-corrected chi connectivity index (χ2v) is 6.41. The number of piperidine rings is 1. The third-order valence-electron chi connectivity index (χ3n) is 3.78. The maximum atomic E-state index is 12.4. The van der Waals surface area contributed by atoms with Gasteiger partial charge in [0.15, 0.2) is 0 Å². The molecule has 23 heavy (non-hydrogen) atoms. The van der Waals surface area contributed by atoms with E-state index in [0.717, 1.165) is 12.8 Å². The van der Waals surface area contributed by atoms with E-state index in [4.69, 9.17) is 0 Å². The number of carbonyl (C=O) groups is 2. The first kappa shape index (κ1) is 17.7. The molecule has 7 heteroatoms. The average molecular weight is 342 g/mol. The quantitative estimate of drug-likeness (QED) is 0.830. The molecular weight excluding hydrogens is 322 g/mol. The van der Waals surface area contributed by atoms with Crippen LogP contribution in [0, 0.1) is 0 Å². The highest BCUT2D eigenvalue weighted by Crippen LogP contribution is 2.26. The molecular formula is C16H20F2N2O2S. The minimum atomic E-state index is -2.47. The Hall–Kier alpha value is -1.63. The van der Waals surface area contributed by atoms with Gasteiger partial charge in [0.1, 0.15) is 6.04 Å². The smallest absolute Gasteiger partial charge is 0.288 e. The molecule has 0 spiro atoms. The van der Waals surface area contributed by atoms with Crippen LogP contribution in [0.3, 0.4) is 0 Å². The number of likely N-dealkylation sites (tertiary alicyclic amines) is 1. The number of thioether (sulfide) groups is 1. The molecule has 2 amide bonds. The third-order valence-corrected chi connectivity index (χ3v) is 4.50. The Balaban J connectivity index is 2.00. The van der Waals surface area contributed by atoms with E-state index in [0.29, 0.717) is 41.7 Å². The molecule has 0 aliphatic carbocycles. The van der Waals surface area contributed by atoms with Crippen LogP contribution in [0.15, 0.2) is 29.2 Å². The zero-order valence-corrected chi connectivity index (χ0v) is 13.7. The van der Waals surface area contributed by atoms with Gasteiger partial charge in [0.2, 0.25) is 11.8 Å². The predicted molar refractivity (Wildman–Crippen MR) is 86.6 cm³/mol. The van der Waals surface area contributed by atoms with Crippen molar-refractivity contribution in [3.63, 3.8) is 0 Å². The van der Waals surface area contributed by atoms with E-state index >= 15 is 0 Å². The Morgan fingerprint density at radius 3 is 2.61 bits per heavy atom. The first-order valence-corrected chi connectivity index (χ1v) is 8.54. The number of carbonyl (C=O) groups excluding carboxylic acids is 2. The summed E-state index contributed by atoms with van der Waals surface area (Å²) in [7, 11) is 0. The van der Waals surface area contributed by atoms with Crippen molar-refractivity contribution < 1.29 is 18.4 Å². The van der Waals surface area contributed by atoms with Crippen LogP contribution >= 0.6 is 11.8 Å². The predicted octanol–water partition coefficient (Wildman–Crippen LogP) is 3.73. The van der Waals surface area contributed by atoms with Crippen molar-refractivity contribution >= 4 is 29.3 Å². The molecule has 1 fully saturated rings. The van der Waals surface area contributed by atoms with E-state index in [-0.39, 0.29) is 11.8 Å². The van der Waals surface area contributed by atoms with Gasteiger partial charge in [0.25, 0.3) is 5.76 Å². The van der Waals surface area contributed by atoms with E-state index in [2.05, 4.69) is 5.32 Å². The summed E-state index contributed by atoms with van der Waals surface area (Å²) in [6.07, 6.45) is 2.85. The Bertz CT molecular complexity index is 552. The molecule has 1 aromatic rings. The molecule has 0 aromatic heterocycles. The van der Waals surface area contributed by atoms with Gasteiger partial charge in [-0.05, 0) is 43.5 Å². The number of alkyl halides is 2. The van der Waals surface area contributed by atoms with E-state index < -0.39 is 11.8 Å². The van der Waals surface area contributed by atoms with Crippen LogP contribution in [0.1, 0.15) is 32.6 Å². The molecule has 126 valence electrons. The van der Waals surface area contributed by atoms with Crippen molar-refractivity contribution in [2.24, 2.45) is 0 Å². The fraction of sp³-hybridized carbons (Fsp3) is 0.500. The van der Waals surface area contributed by atoms with Gasteiger partial charge in [-0.1, -0.05) is 18.7 Å². The van der Waals surface area contributed by atoms with E-state index in [1.165, 1.54) is 0 Å². The van der Waals surface area contributed by atoms with E-state index in [9.17, 15) is 18.4 Å². The highest BCUT2D eigenvalue weighted by Gasteiger charge is 2.31. The summed E-state index contributed by atoms with van der Waals surface area (Å²) < 4.78 is 24.6. The van der Waals surface area contributed by atoms with Gasteiger partial charge in [-0.25, -0.2) is 0 Å². The van der Waals surface area contributed by atoms with Crippen molar-refractivity contribution in [2.75, 3.05) is 11.9 Å². The molecule has 1 aromatic carbocycles. The number of anilines is 1. The van der Waals surface area contributed by atoms with Crippen LogP contribution in [0.2, 0.25) is 0 Å². The van der Waals surface area contributed by atoms with Crippen LogP contribution < -0.4 is 5.32 Å². The Morgan fingerprint density at radius 2 is 2.00 bits per heavy atom. The average Bonchev–Trinajstić information content (AvgIpc) is 2.55. The maximum Gasteiger partial charge on any atom is 0.288 e. The standard InChI is InChI=1S/C16H20F2N2O2S/c1-2-14(21)20-10-4-3-5-13(20)15(22)19-11-6-8-12(9-7-11)23-16(17)18/h6-9,13,16H,2-5,10H2,1H3,(H,19,22)/t13-/m0/s1. The van der Waals surface area contributed by atoms with Gasteiger partial charge < -0.3 is 10.2 Å². The molecule has 1 N–H and O–H groups in total. The summed E-state index contributed by atoms with van der Waals surface area (Å²) >= 11 is 0.462. The summed E-state index contributed by atoms with van der Waals surface area (Å²) in [5, 5.41) is 2.77. The lowest BCUT2D eigenvalue weighted by Gasteiger charge is -2.34. The molecule has 0 bridgehead atoms. The zero-order valence-electron chi connectivity index (χ0n) is 12.9. The number of rotatable bonds is 5. The van der Waals surface area contributed by atoms with Crippen molar-refractivity contribution in [3.05, 3.63) is 24.3 Å². The summed E-state index contributed by atoms with van der Waals surface area (Å²) in [4.78, 5) is 26.5. The normalized spacial score (nSPS) is 18.1. The van der Waals surface area contributed by atoms with Gasteiger partial charge in [-0.15, -0.1) is 0 Å². The van der Waals surface area contributed by atoms with E-state index in [1.54, 1.807) is 36.1 Å². The van der Waals surface area contributed by atoms with Gasteiger partial charge in [0.05, 0.1) is 0 Å². The van der Waals surface area contributed by atoms with Crippen LogP contribution in [0.5, 0.6) is 0 Å². The number of amides is 2. The summed E-state index contributed by atoms with van der Waals surface area (Å²) in [6.45, 7) is 2.39. The van der Waals surface area contributed by atoms with Gasteiger partial charge in [-0.3, -0.25) is 9.59 Å². The molecule has 0 unspecified atom stereocenters. The highest BCUT2D eigenvalue weighted by atomic mass is 32.2. The van der Waals surface area contributed by atoms with Crippen molar-refractivity contribution in [3.8, 4) is 0 Å². The molecule has 4 nitrogen and oxygen atoms in total. The SMILES string of the molecule is CCC(=O)N1CCCC[C@H]1C(=O)Nc1ccc(SC(F)F)cc1. The molecule has 1 aliphatic rings.